The summed E-state index contributed by atoms with van der Waals surface area (Å²) in [6.45, 7) is 5.29. The number of benzene rings is 1. The predicted octanol–water partition coefficient (Wildman–Crippen LogP) is 6.21. The zero-order valence-electron chi connectivity index (χ0n) is 22.4. The van der Waals surface area contributed by atoms with Crippen LogP contribution in [0.1, 0.15) is 75.4 Å². The fraction of sp³-hybridized carbons (Fsp3) is 0.483. The highest BCUT2D eigenvalue weighted by Gasteiger charge is 2.35. The van der Waals surface area contributed by atoms with E-state index >= 15 is 0 Å². The lowest BCUT2D eigenvalue weighted by Gasteiger charge is -2.38. The fourth-order valence-electron chi connectivity index (χ4n) is 6.13. The molecule has 8 nitrogen and oxygen atoms in total. The molecule has 1 aliphatic heterocycles. The van der Waals surface area contributed by atoms with Gasteiger partial charge < -0.3 is 4.74 Å². The molecule has 5 rings (SSSR count). The molecular formula is C29H32Cl2N6O2. The van der Waals surface area contributed by atoms with E-state index in [0.29, 0.717) is 45.6 Å². The fourth-order valence-corrected chi connectivity index (χ4v) is 6.70. The molecule has 4 atom stereocenters. The molecule has 3 aromatic rings. The quantitative estimate of drug-likeness (QED) is 0.313. The van der Waals surface area contributed by atoms with Crippen LogP contribution in [-0.4, -0.2) is 56.4 Å². The molecule has 0 radical (unpaired) electrons. The first-order valence-corrected chi connectivity index (χ1v) is 14.2. The third kappa shape index (κ3) is 5.54. The van der Waals surface area contributed by atoms with Gasteiger partial charge in [0, 0.05) is 28.5 Å². The van der Waals surface area contributed by atoms with E-state index < -0.39 is 0 Å². The third-order valence-corrected chi connectivity index (χ3v) is 8.72. The highest BCUT2D eigenvalue weighted by Crippen LogP contribution is 2.37. The van der Waals surface area contributed by atoms with Crippen LogP contribution in [0.3, 0.4) is 0 Å². The summed E-state index contributed by atoms with van der Waals surface area (Å²) in [6.07, 6.45) is 9.56. The molecule has 0 amide bonds. The number of esters is 1. The predicted molar refractivity (Wildman–Crippen MR) is 151 cm³/mol. The number of nitriles is 1. The third-order valence-electron chi connectivity index (χ3n) is 8.16. The largest absolute Gasteiger partial charge is 0.469 e. The molecule has 204 valence electrons. The SMILES string of the molecule is COC(=O)CC[C@@H]1CCCN1C1CCC(c2cnc3c(C#N)nn([C@H](C)c4ccc(Cl)cc4Cl)c3n2)=CC1C. The number of hydrogen-bond donors (Lipinski definition) is 0. The number of ether oxygens (including phenoxy) is 1. The van der Waals surface area contributed by atoms with Crippen LogP contribution in [0, 0.1) is 17.2 Å². The summed E-state index contributed by atoms with van der Waals surface area (Å²) in [6, 6.07) is 8.09. The summed E-state index contributed by atoms with van der Waals surface area (Å²) >= 11 is 12.6. The van der Waals surface area contributed by atoms with E-state index in [-0.39, 0.29) is 17.7 Å². The molecule has 3 heterocycles. The smallest absolute Gasteiger partial charge is 0.305 e. The van der Waals surface area contributed by atoms with Crippen molar-refractivity contribution in [2.75, 3.05) is 13.7 Å². The van der Waals surface area contributed by atoms with Crippen LogP contribution < -0.4 is 0 Å². The minimum absolute atomic E-state index is 0.138. The van der Waals surface area contributed by atoms with Gasteiger partial charge in [-0.3, -0.25) is 9.69 Å². The average molecular weight is 568 g/mol. The van der Waals surface area contributed by atoms with Gasteiger partial charge in [-0.05, 0) is 74.8 Å². The van der Waals surface area contributed by atoms with E-state index in [1.54, 1.807) is 23.0 Å². The van der Waals surface area contributed by atoms with Gasteiger partial charge in [-0.15, -0.1) is 0 Å². The van der Waals surface area contributed by atoms with Gasteiger partial charge in [0.25, 0.3) is 0 Å². The normalized spacial score (nSPS) is 22.5. The highest BCUT2D eigenvalue weighted by molar-refractivity contribution is 6.35. The van der Waals surface area contributed by atoms with Crippen LogP contribution in [0.5, 0.6) is 0 Å². The number of carbonyl (C=O) groups excluding carboxylic acids is 1. The summed E-state index contributed by atoms with van der Waals surface area (Å²) < 4.78 is 6.58. The summed E-state index contributed by atoms with van der Waals surface area (Å²) in [7, 11) is 1.45. The summed E-state index contributed by atoms with van der Waals surface area (Å²) in [5.74, 6) is 0.192. The maximum Gasteiger partial charge on any atom is 0.305 e. The van der Waals surface area contributed by atoms with Crippen molar-refractivity contribution in [1.82, 2.24) is 24.6 Å². The monoisotopic (exact) mass is 566 g/mol. The van der Waals surface area contributed by atoms with Crippen molar-refractivity contribution in [3.63, 3.8) is 0 Å². The summed E-state index contributed by atoms with van der Waals surface area (Å²) in [5, 5.41) is 15.3. The molecule has 2 unspecified atom stereocenters. The van der Waals surface area contributed by atoms with Crippen molar-refractivity contribution in [1.29, 1.82) is 5.26 Å². The second-order valence-corrected chi connectivity index (χ2v) is 11.3. The Hall–Kier alpha value is -2.99. The first-order valence-electron chi connectivity index (χ1n) is 13.4. The standard InChI is InChI=1S/C29H32Cl2N6O2/c1-17-13-19(6-10-26(17)36-12-4-5-21(36)8-11-27(38)39-3)25-16-33-28-24(15-32)35-37(29(28)34-25)18(2)22-9-7-20(30)14-23(22)31/h7,9,13-14,16-18,21,26H,4-6,8,10-12H2,1-3H3/t17?,18-,21+,26?/m1/s1. The molecule has 39 heavy (non-hydrogen) atoms. The molecule has 2 aromatic heterocycles. The second kappa shape index (κ2) is 11.6. The number of hydrogen-bond acceptors (Lipinski definition) is 7. The lowest BCUT2D eigenvalue weighted by molar-refractivity contribution is -0.141. The minimum atomic E-state index is -0.273. The first kappa shape index (κ1) is 27.6. The molecular weight excluding hydrogens is 535 g/mol. The number of likely N-dealkylation sites (tertiary alicyclic amines) is 1. The Kier molecular flexibility index (Phi) is 8.22. The lowest BCUT2D eigenvalue weighted by atomic mass is 9.84. The maximum atomic E-state index is 11.7. The van der Waals surface area contributed by atoms with E-state index in [1.165, 1.54) is 7.11 Å². The Morgan fingerprint density at radius 3 is 2.85 bits per heavy atom. The molecule has 0 saturated carbocycles. The number of carbonyl (C=O) groups is 1. The van der Waals surface area contributed by atoms with E-state index in [4.69, 9.17) is 32.9 Å². The van der Waals surface area contributed by atoms with Gasteiger partial charge in [0.15, 0.2) is 11.3 Å². The maximum absolute atomic E-state index is 11.7. The van der Waals surface area contributed by atoms with Crippen molar-refractivity contribution in [2.24, 2.45) is 5.92 Å². The minimum Gasteiger partial charge on any atom is -0.469 e. The van der Waals surface area contributed by atoms with Crippen LogP contribution in [0.4, 0.5) is 0 Å². The zero-order chi connectivity index (χ0) is 27.7. The summed E-state index contributed by atoms with van der Waals surface area (Å²) in [5.41, 5.74) is 4.06. The van der Waals surface area contributed by atoms with E-state index in [2.05, 4.69) is 34.1 Å². The number of nitrogens with zero attached hydrogens (tertiary/aromatic N) is 6. The first-order chi connectivity index (χ1) is 18.8. The van der Waals surface area contributed by atoms with Crippen LogP contribution in [0.25, 0.3) is 16.7 Å². The van der Waals surface area contributed by atoms with Crippen LogP contribution in [0.15, 0.2) is 30.5 Å². The van der Waals surface area contributed by atoms with Crippen LogP contribution >= 0.6 is 23.2 Å². The van der Waals surface area contributed by atoms with Crippen molar-refractivity contribution < 1.29 is 9.53 Å². The molecule has 0 N–H and O–H groups in total. The molecule has 0 spiro atoms. The second-order valence-electron chi connectivity index (χ2n) is 10.5. The van der Waals surface area contributed by atoms with E-state index in [0.717, 1.165) is 55.5 Å². The van der Waals surface area contributed by atoms with Crippen LogP contribution in [0.2, 0.25) is 10.0 Å². The van der Waals surface area contributed by atoms with Gasteiger partial charge >= 0.3 is 5.97 Å². The van der Waals surface area contributed by atoms with Crippen LogP contribution in [-0.2, 0) is 9.53 Å². The van der Waals surface area contributed by atoms with Gasteiger partial charge in [0.05, 0.1) is 25.0 Å². The van der Waals surface area contributed by atoms with Gasteiger partial charge in [0.2, 0.25) is 0 Å². The molecule has 1 aliphatic carbocycles. The van der Waals surface area contributed by atoms with Crippen molar-refractivity contribution in [2.45, 2.75) is 70.5 Å². The Morgan fingerprint density at radius 2 is 2.13 bits per heavy atom. The number of allylic oxidation sites excluding steroid dienone is 1. The number of methoxy groups -OCH3 is 1. The number of fused-ring (bicyclic) bond motifs is 1. The number of aromatic nitrogens is 4. The Morgan fingerprint density at radius 1 is 1.31 bits per heavy atom. The topological polar surface area (TPSA) is 96.9 Å². The van der Waals surface area contributed by atoms with Gasteiger partial charge in [-0.2, -0.15) is 10.4 Å². The molecule has 1 fully saturated rings. The van der Waals surface area contributed by atoms with E-state index in [9.17, 15) is 10.1 Å². The molecule has 10 heteroatoms. The summed E-state index contributed by atoms with van der Waals surface area (Å²) in [4.78, 5) is 23.9. The number of halogens is 2. The van der Waals surface area contributed by atoms with Crippen molar-refractivity contribution in [3.8, 4) is 6.07 Å². The molecule has 0 bridgehead atoms. The van der Waals surface area contributed by atoms with Gasteiger partial charge in [0.1, 0.15) is 11.6 Å². The Labute approximate surface area is 238 Å². The average Bonchev–Trinajstić information content (AvgIpc) is 3.55. The zero-order valence-corrected chi connectivity index (χ0v) is 23.9. The lowest BCUT2D eigenvalue weighted by Crippen LogP contribution is -2.43. The number of rotatable bonds is 7. The molecule has 1 saturated heterocycles. The molecule has 1 aromatic carbocycles. The molecule has 2 aliphatic rings. The van der Waals surface area contributed by atoms with E-state index in [1.807, 2.05) is 13.0 Å². The Bertz CT molecular complexity index is 1460. The van der Waals surface area contributed by atoms with Crippen molar-refractivity contribution in [3.05, 3.63) is 57.5 Å². The highest BCUT2D eigenvalue weighted by atomic mass is 35.5. The van der Waals surface area contributed by atoms with Crippen molar-refractivity contribution >= 4 is 45.9 Å². The Balaban J connectivity index is 1.41. The van der Waals surface area contributed by atoms with Gasteiger partial charge in [-0.25, -0.2) is 14.6 Å². The van der Waals surface area contributed by atoms with Gasteiger partial charge in [-0.1, -0.05) is 42.3 Å².